The van der Waals surface area contributed by atoms with E-state index in [0.717, 1.165) is 30.4 Å². The molecule has 21 heavy (non-hydrogen) atoms. The zero-order chi connectivity index (χ0) is 15.7. The first-order valence-corrected chi connectivity index (χ1v) is 8.09. The van der Waals surface area contributed by atoms with Crippen molar-refractivity contribution >= 4 is 0 Å². The van der Waals surface area contributed by atoms with E-state index in [4.69, 9.17) is 9.47 Å². The van der Waals surface area contributed by atoms with Crippen molar-refractivity contribution in [2.45, 2.75) is 53.0 Å². The van der Waals surface area contributed by atoms with Crippen LogP contribution in [0.5, 0.6) is 11.5 Å². The van der Waals surface area contributed by atoms with Crippen LogP contribution in [0.3, 0.4) is 0 Å². The first-order chi connectivity index (χ1) is 10.1. The van der Waals surface area contributed by atoms with Crippen LogP contribution in [0.2, 0.25) is 0 Å². The maximum atomic E-state index is 5.82. The molecule has 0 radical (unpaired) electrons. The number of methoxy groups -OCH3 is 1. The Balaban J connectivity index is 2.32. The minimum absolute atomic E-state index is 0.542. The molecular weight excluding hydrogens is 262 g/mol. The van der Waals surface area contributed by atoms with E-state index in [1.54, 1.807) is 7.11 Å². The molecule has 0 saturated heterocycles. The van der Waals surface area contributed by atoms with Crippen molar-refractivity contribution in [1.29, 1.82) is 0 Å². The summed E-state index contributed by atoms with van der Waals surface area (Å²) in [4.78, 5) is 0. The van der Waals surface area contributed by atoms with Crippen molar-refractivity contribution in [2.75, 3.05) is 20.3 Å². The summed E-state index contributed by atoms with van der Waals surface area (Å²) >= 11 is 0. The quantitative estimate of drug-likeness (QED) is 0.660. The van der Waals surface area contributed by atoms with Crippen molar-refractivity contribution in [2.24, 2.45) is 5.92 Å². The van der Waals surface area contributed by atoms with Gasteiger partial charge in [0.05, 0.1) is 7.11 Å². The lowest BCUT2D eigenvalue weighted by Gasteiger charge is -2.16. The van der Waals surface area contributed by atoms with E-state index in [1.807, 2.05) is 12.1 Å². The Morgan fingerprint density at radius 2 is 1.86 bits per heavy atom. The van der Waals surface area contributed by atoms with Gasteiger partial charge in [-0.25, -0.2) is 0 Å². The highest BCUT2D eigenvalue weighted by Crippen LogP contribution is 2.28. The van der Waals surface area contributed by atoms with Crippen LogP contribution in [0.15, 0.2) is 18.2 Å². The molecule has 0 aliphatic heterocycles. The topological polar surface area (TPSA) is 30.5 Å². The van der Waals surface area contributed by atoms with Crippen molar-refractivity contribution in [3.8, 4) is 11.5 Å². The Bertz CT molecular complexity index is 404. The normalized spacial score (nSPS) is 12.5. The number of ether oxygens (including phenoxy) is 2. The van der Waals surface area contributed by atoms with Gasteiger partial charge >= 0.3 is 0 Å². The summed E-state index contributed by atoms with van der Waals surface area (Å²) in [5.41, 5.74) is 1.26. The standard InChI is InChI=1S/C18H31NO2/c1-6-16-9-10-17(18(13-16)20-5)21-12-11-19-15(4)8-7-14(2)3/h9-10,13-15,19H,6-8,11-12H2,1-5H3. The van der Waals surface area contributed by atoms with Gasteiger partial charge in [0.2, 0.25) is 0 Å². The number of hydrogen-bond donors (Lipinski definition) is 1. The lowest BCUT2D eigenvalue weighted by atomic mass is 10.0. The van der Waals surface area contributed by atoms with E-state index in [1.165, 1.54) is 18.4 Å². The van der Waals surface area contributed by atoms with Gasteiger partial charge in [-0.15, -0.1) is 0 Å². The van der Waals surface area contributed by atoms with E-state index >= 15 is 0 Å². The van der Waals surface area contributed by atoms with Crippen LogP contribution >= 0.6 is 0 Å². The van der Waals surface area contributed by atoms with Crippen molar-refractivity contribution in [1.82, 2.24) is 5.32 Å². The summed E-state index contributed by atoms with van der Waals surface area (Å²) < 4.78 is 11.2. The van der Waals surface area contributed by atoms with Gasteiger partial charge < -0.3 is 14.8 Å². The lowest BCUT2D eigenvalue weighted by Crippen LogP contribution is -2.30. The zero-order valence-electron chi connectivity index (χ0n) is 14.2. The Hall–Kier alpha value is -1.22. The van der Waals surface area contributed by atoms with Crippen LogP contribution in [0.1, 0.15) is 46.1 Å². The molecule has 1 atom stereocenters. The second-order valence-electron chi connectivity index (χ2n) is 6.01. The van der Waals surface area contributed by atoms with Gasteiger partial charge in [-0.2, -0.15) is 0 Å². The van der Waals surface area contributed by atoms with Crippen LogP contribution in [-0.2, 0) is 6.42 Å². The van der Waals surface area contributed by atoms with Crippen molar-refractivity contribution in [3.63, 3.8) is 0 Å². The van der Waals surface area contributed by atoms with Gasteiger partial charge in [0.1, 0.15) is 6.61 Å². The van der Waals surface area contributed by atoms with Crippen LogP contribution < -0.4 is 14.8 Å². The van der Waals surface area contributed by atoms with Crippen LogP contribution in [0.25, 0.3) is 0 Å². The smallest absolute Gasteiger partial charge is 0.161 e. The fourth-order valence-corrected chi connectivity index (χ4v) is 2.20. The molecule has 1 aromatic carbocycles. The summed E-state index contributed by atoms with van der Waals surface area (Å²) in [6.45, 7) is 10.4. The van der Waals surface area contributed by atoms with E-state index in [-0.39, 0.29) is 0 Å². The van der Waals surface area contributed by atoms with E-state index in [0.29, 0.717) is 12.6 Å². The van der Waals surface area contributed by atoms with Crippen molar-refractivity contribution in [3.05, 3.63) is 23.8 Å². The molecule has 1 aromatic rings. The number of aryl methyl sites for hydroxylation is 1. The Morgan fingerprint density at radius 1 is 1.10 bits per heavy atom. The fraction of sp³-hybridized carbons (Fsp3) is 0.667. The highest BCUT2D eigenvalue weighted by molar-refractivity contribution is 5.42. The third-order valence-electron chi connectivity index (χ3n) is 3.67. The number of hydrogen-bond acceptors (Lipinski definition) is 3. The lowest BCUT2D eigenvalue weighted by molar-refractivity contribution is 0.284. The third kappa shape index (κ3) is 6.85. The fourth-order valence-electron chi connectivity index (χ4n) is 2.20. The number of nitrogens with one attached hydrogen (secondary N) is 1. The number of benzene rings is 1. The molecule has 0 amide bonds. The minimum atomic E-state index is 0.542. The van der Waals surface area contributed by atoms with Gasteiger partial charge in [-0.1, -0.05) is 26.8 Å². The monoisotopic (exact) mass is 293 g/mol. The molecule has 0 spiro atoms. The predicted octanol–water partition coefficient (Wildman–Crippen LogP) is 4.05. The molecule has 1 N–H and O–H groups in total. The van der Waals surface area contributed by atoms with E-state index < -0.39 is 0 Å². The Labute approximate surface area is 130 Å². The third-order valence-corrected chi connectivity index (χ3v) is 3.67. The average Bonchev–Trinajstić information content (AvgIpc) is 2.49. The number of rotatable bonds is 10. The summed E-state index contributed by atoms with van der Waals surface area (Å²) in [6, 6.07) is 6.69. The molecule has 0 aliphatic carbocycles. The predicted molar refractivity (Wildman–Crippen MR) is 89.4 cm³/mol. The molecule has 1 unspecified atom stereocenters. The molecule has 0 aliphatic rings. The van der Waals surface area contributed by atoms with Crippen LogP contribution in [-0.4, -0.2) is 26.3 Å². The first-order valence-electron chi connectivity index (χ1n) is 8.09. The molecule has 0 heterocycles. The molecule has 0 fully saturated rings. The first kappa shape index (κ1) is 17.8. The van der Waals surface area contributed by atoms with Crippen LogP contribution in [0, 0.1) is 5.92 Å². The molecule has 0 saturated carbocycles. The largest absolute Gasteiger partial charge is 0.493 e. The van der Waals surface area contributed by atoms with Crippen LogP contribution in [0.4, 0.5) is 0 Å². The highest BCUT2D eigenvalue weighted by atomic mass is 16.5. The molecule has 1 rings (SSSR count). The maximum Gasteiger partial charge on any atom is 0.161 e. The van der Waals surface area contributed by atoms with Gasteiger partial charge in [0.25, 0.3) is 0 Å². The molecule has 120 valence electrons. The van der Waals surface area contributed by atoms with Crippen molar-refractivity contribution < 1.29 is 9.47 Å². The Kier molecular flexibility index (Phi) is 8.21. The Morgan fingerprint density at radius 3 is 2.48 bits per heavy atom. The summed E-state index contributed by atoms with van der Waals surface area (Å²) in [5.74, 6) is 2.42. The van der Waals surface area contributed by atoms with E-state index in [2.05, 4.69) is 39.1 Å². The summed E-state index contributed by atoms with van der Waals surface area (Å²) in [5, 5.41) is 3.50. The molecule has 3 heteroatoms. The van der Waals surface area contributed by atoms with Gasteiger partial charge in [-0.3, -0.25) is 0 Å². The maximum absolute atomic E-state index is 5.82. The van der Waals surface area contributed by atoms with E-state index in [9.17, 15) is 0 Å². The second-order valence-corrected chi connectivity index (χ2v) is 6.01. The SMILES string of the molecule is CCc1ccc(OCCNC(C)CCC(C)C)c(OC)c1. The molecule has 3 nitrogen and oxygen atoms in total. The summed E-state index contributed by atoms with van der Waals surface area (Å²) in [6.07, 6.45) is 3.49. The molecule has 0 aromatic heterocycles. The molecular formula is C18H31NO2. The van der Waals surface area contributed by atoms with Gasteiger partial charge in [0, 0.05) is 12.6 Å². The molecule has 0 bridgehead atoms. The average molecular weight is 293 g/mol. The van der Waals surface area contributed by atoms with Gasteiger partial charge in [0.15, 0.2) is 11.5 Å². The summed E-state index contributed by atoms with van der Waals surface area (Å²) in [7, 11) is 1.69. The van der Waals surface area contributed by atoms with Gasteiger partial charge in [-0.05, 0) is 49.8 Å². The highest BCUT2D eigenvalue weighted by Gasteiger charge is 2.06. The minimum Gasteiger partial charge on any atom is -0.493 e. The second kappa shape index (κ2) is 9.67. The zero-order valence-corrected chi connectivity index (χ0v) is 14.2.